The van der Waals surface area contributed by atoms with Crippen molar-refractivity contribution in [1.82, 2.24) is 0 Å². The Morgan fingerprint density at radius 3 is 2.59 bits per heavy atom. The lowest BCUT2D eigenvalue weighted by atomic mass is 10.0. The van der Waals surface area contributed by atoms with Crippen molar-refractivity contribution in [2.24, 2.45) is 5.92 Å². The van der Waals surface area contributed by atoms with Gasteiger partial charge in [0, 0.05) is 5.02 Å². The lowest BCUT2D eigenvalue weighted by Crippen LogP contribution is -2.28. The van der Waals surface area contributed by atoms with E-state index in [2.05, 4.69) is 13.8 Å². The quantitative estimate of drug-likeness (QED) is 0.552. The van der Waals surface area contributed by atoms with Gasteiger partial charge in [0.1, 0.15) is 5.75 Å². The van der Waals surface area contributed by atoms with E-state index in [-0.39, 0.29) is 5.97 Å². The number of esters is 1. The summed E-state index contributed by atoms with van der Waals surface area (Å²) in [6, 6.07) is 4.89. The van der Waals surface area contributed by atoms with Crippen LogP contribution < -0.4 is 4.74 Å². The molecule has 0 aliphatic heterocycles. The van der Waals surface area contributed by atoms with Gasteiger partial charge in [-0.3, -0.25) is 0 Å². The Morgan fingerprint density at radius 1 is 1.27 bits per heavy atom. The third-order valence-corrected chi connectivity index (χ3v) is 4.06. The van der Waals surface area contributed by atoms with E-state index in [1.165, 1.54) is 0 Å². The number of rotatable bonds is 9. The van der Waals surface area contributed by atoms with Gasteiger partial charge in [0.25, 0.3) is 0 Å². The van der Waals surface area contributed by atoms with Gasteiger partial charge < -0.3 is 9.47 Å². The molecule has 0 saturated carbocycles. The molecular weight excluding hydrogens is 323 g/mol. The van der Waals surface area contributed by atoms with Crippen LogP contribution in [0.1, 0.15) is 46.5 Å². The molecule has 1 aromatic carbocycles. The fourth-order valence-electron chi connectivity index (χ4n) is 2.02. The van der Waals surface area contributed by atoms with Crippen molar-refractivity contribution in [3.63, 3.8) is 0 Å². The number of benzene rings is 1. The number of carbonyl (C=O) groups is 1. The van der Waals surface area contributed by atoms with E-state index in [0.29, 0.717) is 28.3 Å². The van der Waals surface area contributed by atoms with Crippen molar-refractivity contribution >= 4 is 29.2 Å². The highest BCUT2D eigenvalue weighted by Gasteiger charge is 2.19. The van der Waals surface area contributed by atoms with Crippen molar-refractivity contribution < 1.29 is 14.3 Å². The number of hydrogen-bond donors (Lipinski definition) is 0. The number of hydrogen-bond acceptors (Lipinski definition) is 3. The first-order valence-electron chi connectivity index (χ1n) is 7.76. The molecule has 1 aromatic rings. The topological polar surface area (TPSA) is 35.5 Å². The minimum atomic E-state index is -0.706. The lowest BCUT2D eigenvalue weighted by molar-refractivity contribution is -0.152. The molecule has 0 heterocycles. The molecule has 0 aromatic heterocycles. The zero-order valence-electron chi connectivity index (χ0n) is 13.4. The summed E-state index contributed by atoms with van der Waals surface area (Å²) in [5.41, 5.74) is 0. The van der Waals surface area contributed by atoms with E-state index < -0.39 is 6.10 Å². The molecule has 1 rings (SSSR count). The number of unbranched alkanes of at least 4 members (excludes halogenated alkanes) is 1. The average Bonchev–Trinajstić information content (AvgIpc) is 2.49. The zero-order chi connectivity index (χ0) is 16.5. The van der Waals surface area contributed by atoms with Gasteiger partial charge >= 0.3 is 5.97 Å². The Labute approximate surface area is 142 Å². The molecule has 0 radical (unpaired) electrons. The van der Waals surface area contributed by atoms with Crippen LogP contribution in [-0.2, 0) is 9.53 Å². The molecule has 2 atom stereocenters. The van der Waals surface area contributed by atoms with E-state index in [0.717, 1.165) is 25.7 Å². The standard InChI is InChI=1S/C17H24Cl2O3/c1-4-6-7-13(5-2)11-21-17(20)12(3)22-16-9-8-14(18)10-15(16)19/h8-10,12-13H,4-7,11H2,1-3H3/t12-,13+/m1/s1. The third kappa shape index (κ3) is 6.45. The Kier molecular flexibility index (Phi) is 8.66. The summed E-state index contributed by atoms with van der Waals surface area (Å²) in [5.74, 6) is 0.463. The van der Waals surface area contributed by atoms with Crippen LogP contribution in [0.25, 0.3) is 0 Å². The lowest BCUT2D eigenvalue weighted by Gasteiger charge is -2.18. The Balaban J connectivity index is 2.47. The fraction of sp³-hybridized carbons (Fsp3) is 0.588. The summed E-state index contributed by atoms with van der Waals surface area (Å²) in [4.78, 5) is 12.0. The molecule has 22 heavy (non-hydrogen) atoms. The first-order valence-corrected chi connectivity index (χ1v) is 8.51. The minimum Gasteiger partial charge on any atom is -0.477 e. The van der Waals surface area contributed by atoms with Gasteiger partial charge in [0.05, 0.1) is 11.6 Å². The van der Waals surface area contributed by atoms with Crippen LogP contribution in [0.15, 0.2) is 18.2 Å². The highest BCUT2D eigenvalue weighted by atomic mass is 35.5. The third-order valence-electron chi connectivity index (χ3n) is 3.53. The minimum absolute atomic E-state index is 0.374. The summed E-state index contributed by atoms with van der Waals surface area (Å²) in [5, 5.41) is 0.899. The van der Waals surface area contributed by atoms with Crippen LogP contribution in [0.2, 0.25) is 10.0 Å². The molecular formula is C17H24Cl2O3. The van der Waals surface area contributed by atoms with Gasteiger partial charge in [0.2, 0.25) is 0 Å². The highest BCUT2D eigenvalue weighted by Crippen LogP contribution is 2.28. The summed E-state index contributed by atoms with van der Waals surface area (Å²) in [6.07, 6.45) is 3.69. The van der Waals surface area contributed by atoms with Crippen molar-refractivity contribution in [2.45, 2.75) is 52.6 Å². The van der Waals surface area contributed by atoms with Crippen molar-refractivity contribution in [1.29, 1.82) is 0 Å². The van der Waals surface area contributed by atoms with Crippen molar-refractivity contribution in [3.8, 4) is 5.75 Å². The van der Waals surface area contributed by atoms with Gasteiger partial charge in [0.15, 0.2) is 6.10 Å². The molecule has 0 aliphatic rings. The summed E-state index contributed by atoms with van der Waals surface area (Å²) in [7, 11) is 0. The SMILES string of the molecule is CCCC[C@H](CC)COC(=O)[C@@H](C)Oc1ccc(Cl)cc1Cl. The predicted molar refractivity (Wildman–Crippen MR) is 90.8 cm³/mol. The van der Waals surface area contributed by atoms with E-state index >= 15 is 0 Å². The fourth-order valence-corrected chi connectivity index (χ4v) is 2.48. The van der Waals surface area contributed by atoms with Gasteiger partial charge in [-0.05, 0) is 37.5 Å². The number of carbonyl (C=O) groups excluding carboxylic acids is 1. The molecule has 0 N–H and O–H groups in total. The Morgan fingerprint density at radius 2 is 2.00 bits per heavy atom. The monoisotopic (exact) mass is 346 g/mol. The summed E-state index contributed by atoms with van der Waals surface area (Å²) >= 11 is 11.9. The molecule has 0 fully saturated rings. The molecule has 5 heteroatoms. The first kappa shape index (κ1) is 19.1. The number of halogens is 2. The molecule has 0 bridgehead atoms. The Bertz CT molecular complexity index is 477. The zero-order valence-corrected chi connectivity index (χ0v) is 14.9. The maximum Gasteiger partial charge on any atom is 0.347 e. The van der Waals surface area contributed by atoms with Crippen LogP contribution in [0.5, 0.6) is 5.75 Å². The molecule has 0 saturated heterocycles. The van der Waals surface area contributed by atoms with E-state index in [9.17, 15) is 4.79 Å². The predicted octanol–water partition coefficient (Wildman–Crippen LogP) is 5.52. The van der Waals surface area contributed by atoms with Gasteiger partial charge in [-0.25, -0.2) is 4.79 Å². The first-order chi connectivity index (χ1) is 10.5. The Hall–Kier alpha value is -0.930. The van der Waals surface area contributed by atoms with Crippen molar-refractivity contribution in [3.05, 3.63) is 28.2 Å². The smallest absolute Gasteiger partial charge is 0.347 e. The van der Waals surface area contributed by atoms with Crippen molar-refractivity contribution in [2.75, 3.05) is 6.61 Å². The maximum absolute atomic E-state index is 12.0. The van der Waals surface area contributed by atoms with Crippen LogP contribution in [0.4, 0.5) is 0 Å². The molecule has 124 valence electrons. The number of ether oxygens (including phenoxy) is 2. The summed E-state index contributed by atoms with van der Waals surface area (Å²) in [6.45, 7) is 6.36. The molecule has 0 unspecified atom stereocenters. The van der Waals surface area contributed by atoms with Crippen LogP contribution in [0, 0.1) is 5.92 Å². The molecule has 0 aliphatic carbocycles. The second-order valence-corrected chi connectivity index (χ2v) is 6.23. The largest absolute Gasteiger partial charge is 0.477 e. The molecule has 0 amide bonds. The summed E-state index contributed by atoms with van der Waals surface area (Å²) < 4.78 is 10.9. The maximum atomic E-state index is 12.0. The van der Waals surface area contributed by atoms with Gasteiger partial charge in [-0.2, -0.15) is 0 Å². The highest BCUT2D eigenvalue weighted by molar-refractivity contribution is 6.35. The van der Waals surface area contributed by atoms with E-state index in [1.54, 1.807) is 25.1 Å². The second-order valence-electron chi connectivity index (χ2n) is 5.38. The second kappa shape index (κ2) is 9.96. The van der Waals surface area contributed by atoms with E-state index in [1.807, 2.05) is 0 Å². The van der Waals surface area contributed by atoms with Gasteiger partial charge in [-0.1, -0.05) is 56.3 Å². The molecule has 0 spiro atoms. The molecule has 3 nitrogen and oxygen atoms in total. The van der Waals surface area contributed by atoms with Crippen LogP contribution in [0.3, 0.4) is 0 Å². The normalized spacial score (nSPS) is 13.5. The van der Waals surface area contributed by atoms with Gasteiger partial charge in [-0.15, -0.1) is 0 Å². The van der Waals surface area contributed by atoms with E-state index in [4.69, 9.17) is 32.7 Å². The average molecular weight is 347 g/mol. The van der Waals surface area contributed by atoms with Crippen LogP contribution >= 0.6 is 23.2 Å². The van der Waals surface area contributed by atoms with Crippen LogP contribution in [-0.4, -0.2) is 18.7 Å².